The zero-order valence-corrected chi connectivity index (χ0v) is 14.4. The first-order valence-electron chi connectivity index (χ1n) is 7.89. The van der Waals surface area contributed by atoms with Gasteiger partial charge in [-0.05, 0) is 42.5 Å². The molecule has 26 heavy (non-hydrogen) atoms. The van der Waals surface area contributed by atoms with Crippen molar-refractivity contribution in [1.29, 1.82) is 0 Å². The summed E-state index contributed by atoms with van der Waals surface area (Å²) >= 11 is 0. The Morgan fingerprint density at radius 2 is 1.81 bits per heavy atom. The van der Waals surface area contributed by atoms with Gasteiger partial charge in [-0.2, -0.15) is 5.10 Å². The van der Waals surface area contributed by atoms with Crippen molar-refractivity contribution in [2.24, 2.45) is 0 Å². The third-order valence-corrected chi connectivity index (χ3v) is 3.82. The Hall–Kier alpha value is -3.54. The summed E-state index contributed by atoms with van der Waals surface area (Å²) in [6.07, 6.45) is 4.21. The van der Waals surface area contributed by atoms with E-state index in [1.54, 1.807) is 37.2 Å². The van der Waals surface area contributed by atoms with Gasteiger partial charge in [0.05, 0.1) is 25.9 Å². The molecule has 6 heteroatoms. The molecule has 0 aliphatic heterocycles. The average Bonchev–Trinajstić information content (AvgIpc) is 3.10. The normalized spacial score (nSPS) is 10.8. The van der Waals surface area contributed by atoms with Crippen molar-refractivity contribution in [2.45, 2.75) is 0 Å². The zero-order chi connectivity index (χ0) is 18.5. The highest BCUT2D eigenvalue weighted by atomic mass is 16.5. The molecule has 1 heterocycles. The minimum atomic E-state index is -1.27. The molecule has 2 aromatic carbocycles. The standard InChI is InChI=1S/C20H18N2O4/c1-25-17-10-8-14(12-18(17)26-2)20-15(9-11-19(23)24)13-22(21-20)16-6-4-3-5-7-16/h3-13H,1-2H3,(H,23,24)/p-1. The highest BCUT2D eigenvalue weighted by Crippen LogP contribution is 2.33. The van der Waals surface area contributed by atoms with Crippen LogP contribution in [-0.2, 0) is 4.79 Å². The summed E-state index contributed by atoms with van der Waals surface area (Å²) in [5, 5.41) is 15.4. The number of carboxylic acid groups (broad SMARTS) is 1. The Morgan fingerprint density at radius 3 is 2.46 bits per heavy atom. The predicted molar refractivity (Wildman–Crippen MR) is 96.1 cm³/mol. The lowest BCUT2D eigenvalue weighted by molar-refractivity contribution is -0.297. The van der Waals surface area contributed by atoms with Crippen LogP contribution in [0.5, 0.6) is 11.5 Å². The van der Waals surface area contributed by atoms with Crippen molar-refractivity contribution in [2.75, 3.05) is 14.2 Å². The number of hydrogen-bond donors (Lipinski definition) is 0. The number of para-hydroxylation sites is 1. The number of carbonyl (C=O) groups excluding carboxylic acids is 1. The summed E-state index contributed by atoms with van der Waals surface area (Å²) < 4.78 is 12.3. The number of carbonyl (C=O) groups is 1. The van der Waals surface area contributed by atoms with Crippen LogP contribution in [0.15, 0.2) is 60.8 Å². The Morgan fingerprint density at radius 1 is 1.08 bits per heavy atom. The van der Waals surface area contributed by atoms with Crippen molar-refractivity contribution < 1.29 is 19.4 Å². The van der Waals surface area contributed by atoms with E-state index in [0.717, 1.165) is 17.3 Å². The molecule has 0 atom stereocenters. The Labute approximate surface area is 150 Å². The number of carboxylic acids is 1. The maximum Gasteiger partial charge on any atom is 0.161 e. The lowest BCUT2D eigenvalue weighted by Crippen LogP contribution is -2.18. The van der Waals surface area contributed by atoms with Crippen LogP contribution in [-0.4, -0.2) is 30.0 Å². The van der Waals surface area contributed by atoms with Gasteiger partial charge in [-0.3, -0.25) is 0 Å². The third kappa shape index (κ3) is 3.59. The first-order chi connectivity index (χ1) is 12.6. The molecule has 0 N–H and O–H groups in total. The van der Waals surface area contributed by atoms with E-state index in [4.69, 9.17) is 9.47 Å². The second kappa shape index (κ2) is 7.57. The monoisotopic (exact) mass is 349 g/mol. The van der Waals surface area contributed by atoms with Crippen LogP contribution in [0.1, 0.15) is 5.56 Å². The van der Waals surface area contributed by atoms with Gasteiger partial charge in [0, 0.05) is 17.3 Å². The van der Waals surface area contributed by atoms with Crippen LogP contribution in [0.4, 0.5) is 0 Å². The third-order valence-electron chi connectivity index (χ3n) is 3.82. The number of rotatable bonds is 6. The molecule has 132 valence electrons. The number of methoxy groups -OCH3 is 2. The van der Waals surface area contributed by atoms with Crippen molar-refractivity contribution in [3.8, 4) is 28.4 Å². The van der Waals surface area contributed by atoms with Crippen molar-refractivity contribution in [1.82, 2.24) is 9.78 Å². The second-order valence-electron chi connectivity index (χ2n) is 5.44. The van der Waals surface area contributed by atoms with Gasteiger partial charge in [0.25, 0.3) is 0 Å². The molecule has 0 aliphatic rings. The summed E-state index contributed by atoms with van der Waals surface area (Å²) in [7, 11) is 3.12. The zero-order valence-electron chi connectivity index (χ0n) is 14.4. The molecule has 0 bridgehead atoms. The smallest absolute Gasteiger partial charge is 0.161 e. The van der Waals surface area contributed by atoms with Gasteiger partial charge < -0.3 is 19.4 Å². The fourth-order valence-electron chi connectivity index (χ4n) is 2.59. The lowest BCUT2D eigenvalue weighted by atomic mass is 10.1. The molecule has 0 aliphatic carbocycles. The quantitative estimate of drug-likeness (QED) is 0.638. The SMILES string of the molecule is COc1ccc(-c2nn(-c3ccccc3)cc2C=CC(=O)[O-])cc1OC. The van der Waals surface area contributed by atoms with Gasteiger partial charge in [0.1, 0.15) is 5.69 Å². The summed E-state index contributed by atoms with van der Waals surface area (Å²) in [6, 6.07) is 15.0. The maximum atomic E-state index is 10.8. The second-order valence-corrected chi connectivity index (χ2v) is 5.44. The van der Waals surface area contributed by atoms with Gasteiger partial charge in [0.2, 0.25) is 0 Å². The van der Waals surface area contributed by atoms with Crippen LogP contribution in [0.2, 0.25) is 0 Å². The molecular formula is C20H17N2O4-. The number of hydrogen-bond acceptors (Lipinski definition) is 5. The lowest BCUT2D eigenvalue weighted by Gasteiger charge is -2.09. The maximum absolute atomic E-state index is 10.8. The highest BCUT2D eigenvalue weighted by molar-refractivity contribution is 5.86. The highest BCUT2D eigenvalue weighted by Gasteiger charge is 2.13. The van der Waals surface area contributed by atoms with Gasteiger partial charge in [0.15, 0.2) is 11.5 Å². The van der Waals surface area contributed by atoms with Crippen LogP contribution >= 0.6 is 0 Å². The van der Waals surface area contributed by atoms with E-state index in [1.165, 1.54) is 6.08 Å². The van der Waals surface area contributed by atoms with Crippen LogP contribution < -0.4 is 14.6 Å². The van der Waals surface area contributed by atoms with Crippen LogP contribution in [0.3, 0.4) is 0 Å². The fraction of sp³-hybridized carbons (Fsp3) is 0.100. The summed E-state index contributed by atoms with van der Waals surface area (Å²) in [6.45, 7) is 0. The number of aromatic nitrogens is 2. The van der Waals surface area contributed by atoms with Crippen molar-refractivity contribution >= 4 is 12.0 Å². The minimum Gasteiger partial charge on any atom is -0.545 e. The molecule has 0 fully saturated rings. The predicted octanol–water partition coefficient (Wildman–Crippen LogP) is 2.32. The largest absolute Gasteiger partial charge is 0.545 e. The number of benzene rings is 2. The van der Waals surface area contributed by atoms with Gasteiger partial charge in [-0.25, -0.2) is 4.68 Å². The number of aliphatic carboxylic acids is 1. The summed E-state index contributed by atoms with van der Waals surface area (Å²) in [5.74, 6) is -0.101. The van der Waals surface area contributed by atoms with E-state index >= 15 is 0 Å². The molecule has 0 saturated heterocycles. The Bertz CT molecular complexity index is 946. The molecule has 0 unspecified atom stereocenters. The summed E-state index contributed by atoms with van der Waals surface area (Å²) in [5.41, 5.74) is 2.90. The molecule has 0 spiro atoms. The van der Waals surface area contributed by atoms with Gasteiger partial charge >= 0.3 is 0 Å². The number of nitrogens with zero attached hydrogens (tertiary/aromatic N) is 2. The van der Waals surface area contributed by atoms with Gasteiger partial charge in [-0.1, -0.05) is 18.2 Å². The van der Waals surface area contributed by atoms with E-state index in [1.807, 2.05) is 36.4 Å². The topological polar surface area (TPSA) is 76.4 Å². The summed E-state index contributed by atoms with van der Waals surface area (Å²) in [4.78, 5) is 10.8. The molecular weight excluding hydrogens is 332 g/mol. The molecule has 0 radical (unpaired) electrons. The van der Waals surface area contributed by atoms with E-state index in [-0.39, 0.29) is 0 Å². The Kier molecular flexibility index (Phi) is 5.03. The van der Waals surface area contributed by atoms with Crippen molar-refractivity contribution in [3.63, 3.8) is 0 Å². The molecule has 6 nitrogen and oxygen atoms in total. The van der Waals surface area contributed by atoms with E-state index in [0.29, 0.717) is 22.8 Å². The van der Waals surface area contributed by atoms with Crippen molar-refractivity contribution in [3.05, 3.63) is 66.4 Å². The van der Waals surface area contributed by atoms with Crippen LogP contribution in [0.25, 0.3) is 23.0 Å². The average molecular weight is 349 g/mol. The van der Waals surface area contributed by atoms with Gasteiger partial charge in [-0.15, -0.1) is 0 Å². The van der Waals surface area contributed by atoms with E-state index in [9.17, 15) is 9.90 Å². The number of ether oxygens (including phenoxy) is 2. The minimum absolute atomic E-state index is 0.564. The first kappa shape index (κ1) is 17.3. The molecule has 3 rings (SSSR count). The first-order valence-corrected chi connectivity index (χ1v) is 7.89. The molecule has 3 aromatic rings. The molecule has 1 aromatic heterocycles. The van der Waals surface area contributed by atoms with Crippen LogP contribution in [0, 0.1) is 0 Å². The fourth-order valence-corrected chi connectivity index (χ4v) is 2.59. The molecule has 0 saturated carbocycles. The Balaban J connectivity index is 2.13. The van der Waals surface area contributed by atoms with E-state index in [2.05, 4.69) is 5.10 Å². The molecule has 0 amide bonds. The van der Waals surface area contributed by atoms with E-state index < -0.39 is 5.97 Å².